The molecule has 0 aromatic carbocycles. The molecule has 5 atom stereocenters. The molecule has 39 heavy (non-hydrogen) atoms. The van der Waals surface area contributed by atoms with Gasteiger partial charge in [-0.1, -0.05) is 40.0 Å². The number of aromatic nitrogens is 2. The van der Waals surface area contributed by atoms with Crippen LogP contribution in [0, 0.1) is 23.7 Å². The number of hydrogen-bond acceptors (Lipinski definition) is 4. The number of carbonyl (C=O) groups excluding carboxylic acids is 3. The van der Waals surface area contributed by atoms with Crippen molar-refractivity contribution in [2.75, 3.05) is 19.6 Å². The lowest BCUT2D eigenvalue weighted by Gasteiger charge is -2.51. The highest BCUT2D eigenvalue weighted by atomic mass is 16.2. The second-order valence-electron chi connectivity index (χ2n) is 13.4. The van der Waals surface area contributed by atoms with E-state index in [4.69, 9.17) is 0 Å². The number of likely N-dealkylation sites (tertiary alicyclic amines) is 1. The maximum Gasteiger partial charge on any atom is 0.257 e. The third-order valence-electron chi connectivity index (χ3n) is 10.0. The molecule has 0 unspecified atom stereocenters. The fraction of sp³-hybridized carbons (Fsp3) is 0.806. The summed E-state index contributed by atoms with van der Waals surface area (Å²) in [6.45, 7) is 8.59. The fourth-order valence-electron chi connectivity index (χ4n) is 7.81. The summed E-state index contributed by atoms with van der Waals surface area (Å²) >= 11 is 0. The van der Waals surface area contributed by atoms with Gasteiger partial charge in [-0.2, -0.15) is 5.10 Å². The Bertz CT molecular complexity index is 1020. The van der Waals surface area contributed by atoms with Gasteiger partial charge < -0.3 is 15.1 Å². The molecule has 2 N–H and O–H groups in total. The molecule has 0 radical (unpaired) electrons. The van der Waals surface area contributed by atoms with Crippen LogP contribution in [-0.2, 0) is 9.59 Å². The summed E-state index contributed by atoms with van der Waals surface area (Å²) in [7, 11) is 0. The van der Waals surface area contributed by atoms with Crippen molar-refractivity contribution in [2.24, 2.45) is 23.7 Å². The molecule has 1 saturated carbocycles. The van der Waals surface area contributed by atoms with Gasteiger partial charge in [0.25, 0.3) is 5.91 Å². The van der Waals surface area contributed by atoms with Crippen LogP contribution in [0.1, 0.15) is 120 Å². The van der Waals surface area contributed by atoms with E-state index < -0.39 is 0 Å². The predicted molar refractivity (Wildman–Crippen MR) is 151 cm³/mol. The first-order chi connectivity index (χ1) is 18.8. The number of H-pyrrole nitrogens is 1. The van der Waals surface area contributed by atoms with Gasteiger partial charge in [0.15, 0.2) is 0 Å². The van der Waals surface area contributed by atoms with Crippen LogP contribution in [0.4, 0.5) is 0 Å². The molecule has 4 aliphatic rings. The number of amides is 3. The van der Waals surface area contributed by atoms with Crippen LogP contribution in [0.15, 0.2) is 6.20 Å². The summed E-state index contributed by atoms with van der Waals surface area (Å²) in [5.74, 6) is 2.10. The van der Waals surface area contributed by atoms with Crippen LogP contribution in [0.5, 0.6) is 0 Å². The maximum atomic E-state index is 13.8. The molecule has 0 spiro atoms. The quantitative estimate of drug-likeness (QED) is 0.572. The van der Waals surface area contributed by atoms with Gasteiger partial charge >= 0.3 is 0 Å². The highest BCUT2D eigenvalue weighted by Gasteiger charge is 2.44. The van der Waals surface area contributed by atoms with Crippen molar-refractivity contribution in [2.45, 2.75) is 116 Å². The Labute approximate surface area is 234 Å². The minimum Gasteiger partial charge on any atom is -0.353 e. The third kappa shape index (κ3) is 6.51. The van der Waals surface area contributed by atoms with Gasteiger partial charge in [-0.3, -0.25) is 19.5 Å². The van der Waals surface area contributed by atoms with E-state index in [1.807, 2.05) is 4.90 Å². The number of hydrogen-bond donors (Lipinski definition) is 2. The van der Waals surface area contributed by atoms with E-state index >= 15 is 0 Å². The van der Waals surface area contributed by atoms with E-state index in [1.165, 1.54) is 19.3 Å². The van der Waals surface area contributed by atoms with Gasteiger partial charge in [-0.25, -0.2) is 0 Å². The molecule has 4 heterocycles. The highest BCUT2D eigenvalue weighted by molar-refractivity contribution is 5.95. The summed E-state index contributed by atoms with van der Waals surface area (Å²) in [5, 5.41) is 10.7. The van der Waals surface area contributed by atoms with Crippen molar-refractivity contribution < 1.29 is 14.4 Å². The summed E-state index contributed by atoms with van der Waals surface area (Å²) in [5.41, 5.74) is 1.77. The third-order valence-corrected chi connectivity index (χ3v) is 10.0. The van der Waals surface area contributed by atoms with Crippen LogP contribution < -0.4 is 5.32 Å². The smallest absolute Gasteiger partial charge is 0.257 e. The normalized spacial score (nSPS) is 31.6. The second-order valence-corrected chi connectivity index (χ2v) is 13.4. The van der Waals surface area contributed by atoms with Gasteiger partial charge in [0.2, 0.25) is 11.8 Å². The lowest BCUT2D eigenvalue weighted by molar-refractivity contribution is -0.141. The molecule has 8 nitrogen and oxygen atoms in total. The molecule has 1 aliphatic carbocycles. The number of piperidine rings is 2. The highest BCUT2D eigenvalue weighted by Crippen LogP contribution is 2.38. The van der Waals surface area contributed by atoms with Gasteiger partial charge in [0.1, 0.15) is 0 Å². The lowest BCUT2D eigenvalue weighted by Crippen LogP contribution is -2.60. The lowest BCUT2D eigenvalue weighted by atomic mass is 9.77. The van der Waals surface area contributed by atoms with Crippen LogP contribution >= 0.6 is 0 Å². The van der Waals surface area contributed by atoms with E-state index in [9.17, 15) is 14.4 Å². The van der Waals surface area contributed by atoms with Crippen LogP contribution in [0.2, 0.25) is 0 Å². The molecule has 3 saturated heterocycles. The Hall–Kier alpha value is -2.38. The molecule has 1 aromatic rings. The molecule has 1 aromatic heterocycles. The first-order valence-electron chi connectivity index (χ1n) is 15.7. The van der Waals surface area contributed by atoms with Crippen LogP contribution in [-0.4, -0.2) is 69.4 Å². The van der Waals surface area contributed by atoms with Gasteiger partial charge in [-0.15, -0.1) is 0 Å². The van der Waals surface area contributed by atoms with E-state index in [0.29, 0.717) is 43.7 Å². The van der Waals surface area contributed by atoms with Crippen molar-refractivity contribution in [1.82, 2.24) is 25.3 Å². The average Bonchev–Trinajstić information content (AvgIpc) is 3.41. The summed E-state index contributed by atoms with van der Waals surface area (Å²) in [6, 6.07) is 0.256. The molecular formula is C31H49N5O3. The van der Waals surface area contributed by atoms with Gasteiger partial charge in [0.05, 0.1) is 17.5 Å². The minimum atomic E-state index is 0.0909. The zero-order valence-electron chi connectivity index (χ0n) is 24.3. The second kappa shape index (κ2) is 12.4. The standard InChI is InChI=1S/C31H49N5O3/c1-20(2)26-13-12-21(3)14-29(38)36-18-22-15-24(27(36)10-7-11-28(37)33-26)19-35(17-22)31(39)25-16-32-34-30(25)23-8-5-4-6-9-23/h16,20-24,26-27H,4-15,17-19H2,1-3H3,(H,32,34)(H,33,37)/t21-,22+,24-,26+,27+/m1/s1. The molecule has 8 heteroatoms. The number of fused-ring (bicyclic) bond motifs is 4. The molecule has 2 bridgehead atoms. The molecule has 4 fully saturated rings. The first-order valence-corrected chi connectivity index (χ1v) is 15.7. The number of rotatable bonds is 3. The van der Waals surface area contributed by atoms with Crippen molar-refractivity contribution in [1.29, 1.82) is 0 Å². The summed E-state index contributed by atoms with van der Waals surface area (Å²) in [4.78, 5) is 44.5. The van der Waals surface area contributed by atoms with E-state index in [-0.39, 0.29) is 41.6 Å². The van der Waals surface area contributed by atoms with Crippen molar-refractivity contribution in [3.63, 3.8) is 0 Å². The SMILES string of the molecule is CC(C)[C@@H]1CC[C@@H](C)CC(=O)N2C[C@H]3C[C@H](CN(C(=O)c4cn[nH]c4C4CCCCC4)C3)[C@@H]2CCCC(=O)N1. The summed E-state index contributed by atoms with van der Waals surface area (Å²) < 4.78 is 0. The topological polar surface area (TPSA) is 98.4 Å². The number of nitrogens with zero attached hydrogens (tertiary/aromatic N) is 3. The Morgan fingerprint density at radius 1 is 1.00 bits per heavy atom. The van der Waals surface area contributed by atoms with Crippen LogP contribution in [0.25, 0.3) is 0 Å². The summed E-state index contributed by atoms with van der Waals surface area (Å²) in [6.07, 6.45) is 13.2. The molecular weight excluding hydrogens is 490 g/mol. The van der Waals surface area contributed by atoms with Crippen LogP contribution in [0.3, 0.4) is 0 Å². The van der Waals surface area contributed by atoms with E-state index in [1.54, 1.807) is 6.20 Å². The minimum absolute atomic E-state index is 0.0909. The van der Waals surface area contributed by atoms with Gasteiger partial charge in [-0.05, 0) is 68.6 Å². The zero-order chi connectivity index (χ0) is 27.5. The molecule has 3 aliphatic heterocycles. The number of carbonyl (C=O) groups is 3. The number of aromatic amines is 1. The Kier molecular flexibility index (Phi) is 8.97. The molecule has 216 valence electrons. The maximum absolute atomic E-state index is 13.8. The van der Waals surface area contributed by atoms with Crippen molar-refractivity contribution in [3.05, 3.63) is 17.5 Å². The largest absolute Gasteiger partial charge is 0.353 e. The Morgan fingerprint density at radius 3 is 2.56 bits per heavy atom. The van der Waals surface area contributed by atoms with E-state index in [0.717, 1.165) is 62.7 Å². The molecule has 5 rings (SSSR count). The molecule has 3 amide bonds. The zero-order valence-corrected chi connectivity index (χ0v) is 24.3. The monoisotopic (exact) mass is 539 g/mol. The number of nitrogens with one attached hydrogen (secondary N) is 2. The average molecular weight is 540 g/mol. The van der Waals surface area contributed by atoms with Crippen molar-refractivity contribution in [3.8, 4) is 0 Å². The Morgan fingerprint density at radius 2 is 1.79 bits per heavy atom. The van der Waals surface area contributed by atoms with E-state index in [2.05, 4.69) is 41.2 Å². The Balaban J connectivity index is 1.31. The predicted octanol–water partition coefficient (Wildman–Crippen LogP) is 4.88. The first kappa shape index (κ1) is 28.2. The van der Waals surface area contributed by atoms with Crippen molar-refractivity contribution >= 4 is 17.7 Å². The fourth-order valence-corrected chi connectivity index (χ4v) is 7.81. The van der Waals surface area contributed by atoms with Gasteiger partial charge in [0, 0.05) is 50.5 Å².